The van der Waals surface area contributed by atoms with Gasteiger partial charge in [0.1, 0.15) is 11.7 Å². The predicted octanol–water partition coefficient (Wildman–Crippen LogP) is 2.35. The lowest BCUT2D eigenvalue weighted by Crippen LogP contribution is -2.15. The first-order valence-electron chi connectivity index (χ1n) is 7.26. The van der Waals surface area contributed by atoms with Crippen molar-refractivity contribution < 1.29 is 0 Å². The normalized spacial score (nSPS) is 10.2. The minimum atomic E-state index is 0.0685. The molecule has 0 saturated heterocycles. The summed E-state index contributed by atoms with van der Waals surface area (Å²) in [6.45, 7) is 4.50. The molecule has 0 aliphatic heterocycles. The van der Waals surface area contributed by atoms with E-state index in [0.29, 0.717) is 6.67 Å². The van der Waals surface area contributed by atoms with Crippen LogP contribution in [-0.4, -0.2) is 18.3 Å². The fourth-order valence-electron chi connectivity index (χ4n) is 2.29. The average molecular weight is 310 g/mol. The van der Waals surface area contributed by atoms with E-state index in [1.54, 1.807) is 0 Å². The Balaban J connectivity index is 2.00. The van der Waals surface area contributed by atoms with E-state index in [1.807, 2.05) is 50.2 Å². The molecule has 0 bridgehead atoms. The fourth-order valence-corrected chi connectivity index (χ4v) is 2.29. The number of anilines is 2. The van der Waals surface area contributed by atoms with Crippen molar-refractivity contribution in [1.82, 2.24) is 0 Å². The van der Waals surface area contributed by atoms with E-state index in [1.165, 1.54) is 0 Å². The standard InChI is InChI=1S/C17H22N6/c1-10-7-12(16(18)19)3-5-14(10)22-9-23-15-6-4-13(17(20)21)8-11(15)2/h3-8,22-23H,9H2,1-2H3,(H3,18,19)(H3,20,21). The van der Waals surface area contributed by atoms with Gasteiger partial charge in [0.15, 0.2) is 0 Å². The van der Waals surface area contributed by atoms with Gasteiger partial charge >= 0.3 is 0 Å². The van der Waals surface area contributed by atoms with Crippen molar-refractivity contribution in [2.24, 2.45) is 11.5 Å². The molecule has 0 aliphatic rings. The number of rotatable bonds is 6. The van der Waals surface area contributed by atoms with E-state index in [-0.39, 0.29) is 11.7 Å². The van der Waals surface area contributed by atoms with E-state index in [9.17, 15) is 0 Å². The van der Waals surface area contributed by atoms with Crippen molar-refractivity contribution in [2.45, 2.75) is 13.8 Å². The van der Waals surface area contributed by atoms with Crippen LogP contribution in [0.5, 0.6) is 0 Å². The molecule has 0 atom stereocenters. The molecule has 0 unspecified atom stereocenters. The zero-order valence-corrected chi connectivity index (χ0v) is 13.3. The van der Waals surface area contributed by atoms with Crippen molar-refractivity contribution in [3.8, 4) is 0 Å². The second-order valence-electron chi connectivity index (χ2n) is 5.42. The molecule has 2 rings (SSSR count). The van der Waals surface area contributed by atoms with Gasteiger partial charge in [0.25, 0.3) is 0 Å². The molecule has 0 heterocycles. The summed E-state index contributed by atoms with van der Waals surface area (Å²) in [5.41, 5.74) is 16.4. The van der Waals surface area contributed by atoms with Crippen LogP contribution in [0.1, 0.15) is 22.3 Å². The highest BCUT2D eigenvalue weighted by molar-refractivity contribution is 5.96. The van der Waals surface area contributed by atoms with Crippen LogP contribution in [0.15, 0.2) is 36.4 Å². The molecule has 0 radical (unpaired) electrons. The molecule has 120 valence electrons. The van der Waals surface area contributed by atoms with Crippen LogP contribution in [0, 0.1) is 24.7 Å². The van der Waals surface area contributed by atoms with Gasteiger partial charge in [-0.3, -0.25) is 10.8 Å². The molecule has 0 saturated carbocycles. The van der Waals surface area contributed by atoms with Gasteiger partial charge in [0.2, 0.25) is 0 Å². The van der Waals surface area contributed by atoms with Crippen molar-refractivity contribution >= 4 is 23.0 Å². The second-order valence-corrected chi connectivity index (χ2v) is 5.42. The van der Waals surface area contributed by atoms with Gasteiger partial charge in [-0.1, -0.05) is 0 Å². The monoisotopic (exact) mass is 310 g/mol. The number of nitrogen functional groups attached to an aromatic ring is 2. The van der Waals surface area contributed by atoms with E-state index < -0.39 is 0 Å². The number of nitrogens with two attached hydrogens (primary N) is 2. The molecule has 6 nitrogen and oxygen atoms in total. The van der Waals surface area contributed by atoms with Gasteiger partial charge in [-0.2, -0.15) is 0 Å². The van der Waals surface area contributed by atoms with Gasteiger partial charge in [-0.25, -0.2) is 0 Å². The zero-order valence-electron chi connectivity index (χ0n) is 13.3. The minimum Gasteiger partial charge on any atom is -0.384 e. The molecule has 8 N–H and O–H groups in total. The quantitative estimate of drug-likeness (QED) is 0.278. The summed E-state index contributed by atoms with van der Waals surface area (Å²) in [7, 11) is 0. The number of benzene rings is 2. The molecular formula is C17H22N6. The Hall–Kier alpha value is -3.02. The first-order valence-corrected chi connectivity index (χ1v) is 7.26. The third-order valence-corrected chi connectivity index (χ3v) is 3.63. The highest BCUT2D eigenvalue weighted by atomic mass is 15.1. The van der Waals surface area contributed by atoms with Crippen LogP contribution in [0.25, 0.3) is 0 Å². The Kier molecular flexibility index (Phi) is 4.85. The second kappa shape index (κ2) is 6.83. The van der Waals surface area contributed by atoms with Crippen LogP contribution in [0.3, 0.4) is 0 Å². The van der Waals surface area contributed by atoms with Gasteiger partial charge in [-0.15, -0.1) is 0 Å². The Morgan fingerprint density at radius 1 is 0.826 bits per heavy atom. The lowest BCUT2D eigenvalue weighted by Gasteiger charge is -2.14. The largest absolute Gasteiger partial charge is 0.384 e. The molecule has 6 heteroatoms. The van der Waals surface area contributed by atoms with Crippen LogP contribution in [0.2, 0.25) is 0 Å². The van der Waals surface area contributed by atoms with Gasteiger partial charge < -0.3 is 22.1 Å². The summed E-state index contributed by atoms with van der Waals surface area (Å²) < 4.78 is 0. The van der Waals surface area contributed by atoms with E-state index in [4.69, 9.17) is 22.3 Å². The Morgan fingerprint density at radius 2 is 1.22 bits per heavy atom. The maximum Gasteiger partial charge on any atom is 0.122 e. The molecular weight excluding hydrogens is 288 g/mol. The Bertz CT molecular complexity index is 687. The third kappa shape index (κ3) is 4.00. The number of aryl methyl sites for hydroxylation is 2. The highest BCUT2D eigenvalue weighted by Crippen LogP contribution is 2.18. The van der Waals surface area contributed by atoms with Gasteiger partial charge in [0.05, 0.1) is 6.67 Å². The Labute approximate surface area is 135 Å². The van der Waals surface area contributed by atoms with Crippen LogP contribution < -0.4 is 22.1 Å². The average Bonchev–Trinajstić information content (AvgIpc) is 2.49. The lowest BCUT2D eigenvalue weighted by molar-refractivity contribution is 1.19. The summed E-state index contributed by atoms with van der Waals surface area (Å²) in [4.78, 5) is 0. The zero-order chi connectivity index (χ0) is 17.0. The summed E-state index contributed by atoms with van der Waals surface area (Å²) >= 11 is 0. The maximum atomic E-state index is 7.44. The third-order valence-electron chi connectivity index (χ3n) is 3.63. The number of hydrogen-bond acceptors (Lipinski definition) is 4. The molecule has 0 fully saturated rings. The molecule has 0 aromatic heterocycles. The van der Waals surface area contributed by atoms with Crippen LogP contribution in [0.4, 0.5) is 11.4 Å². The maximum absolute atomic E-state index is 7.44. The van der Waals surface area contributed by atoms with E-state index in [2.05, 4.69) is 10.6 Å². The molecule has 0 aliphatic carbocycles. The first kappa shape index (κ1) is 16.4. The molecule has 2 aromatic rings. The minimum absolute atomic E-state index is 0.0685. The van der Waals surface area contributed by atoms with Gasteiger partial charge in [0, 0.05) is 22.5 Å². The topological polar surface area (TPSA) is 124 Å². The summed E-state index contributed by atoms with van der Waals surface area (Å²) in [6.07, 6.45) is 0. The highest BCUT2D eigenvalue weighted by Gasteiger charge is 2.04. The van der Waals surface area contributed by atoms with Crippen molar-refractivity contribution in [3.63, 3.8) is 0 Å². The number of hydrogen-bond donors (Lipinski definition) is 6. The van der Waals surface area contributed by atoms with E-state index >= 15 is 0 Å². The lowest BCUT2D eigenvalue weighted by atomic mass is 10.1. The smallest absolute Gasteiger partial charge is 0.122 e. The first-order chi connectivity index (χ1) is 10.9. The Morgan fingerprint density at radius 3 is 1.52 bits per heavy atom. The number of amidine groups is 2. The predicted molar refractivity (Wildman–Crippen MR) is 96.5 cm³/mol. The molecule has 0 amide bonds. The molecule has 2 aromatic carbocycles. The summed E-state index contributed by atoms with van der Waals surface area (Å²) in [6, 6.07) is 11.3. The summed E-state index contributed by atoms with van der Waals surface area (Å²) in [5, 5.41) is 21.5. The summed E-state index contributed by atoms with van der Waals surface area (Å²) in [5.74, 6) is 0.137. The van der Waals surface area contributed by atoms with Crippen molar-refractivity contribution in [2.75, 3.05) is 17.3 Å². The number of nitrogens with one attached hydrogen (secondary N) is 4. The van der Waals surface area contributed by atoms with Crippen LogP contribution >= 0.6 is 0 Å². The fraction of sp³-hybridized carbons (Fsp3) is 0.176. The molecule has 23 heavy (non-hydrogen) atoms. The van der Waals surface area contributed by atoms with E-state index in [0.717, 1.165) is 33.6 Å². The van der Waals surface area contributed by atoms with Crippen molar-refractivity contribution in [1.29, 1.82) is 10.8 Å². The molecule has 0 spiro atoms. The van der Waals surface area contributed by atoms with Crippen LogP contribution in [-0.2, 0) is 0 Å². The van der Waals surface area contributed by atoms with Crippen molar-refractivity contribution in [3.05, 3.63) is 58.7 Å². The van der Waals surface area contributed by atoms with Gasteiger partial charge in [-0.05, 0) is 61.4 Å². The SMILES string of the molecule is Cc1cc(C(=N)N)ccc1NCNc1ccc(C(=N)N)cc1C.